The summed E-state index contributed by atoms with van der Waals surface area (Å²) in [6, 6.07) is 11.3. The zero-order valence-corrected chi connectivity index (χ0v) is 14.2. The maximum absolute atomic E-state index is 12.4. The van der Waals surface area contributed by atoms with E-state index in [9.17, 15) is 9.36 Å². The van der Waals surface area contributed by atoms with Crippen molar-refractivity contribution in [2.75, 3.05) is 12.1 Å². The van der Waals surface area contributed by atoms with E-state index < -0.39 is 13.5 Å². The standard InChI is InChI=1S/C17H14NO7P/c19-17(18-12-3-1-10(2-4-12)8-26(20,21)22)16-6-11-5-14-15(24-9-23-14)7-13(11)25-16/h1-7H,8-9H2,(H,18,19)(H2,20,21,22). The lowest BCUT2D eigenvalue weighted by Gasteiger charge is -2.06. The van der Waals surface area contributed by atoms with Crippen molar-refractivity contribution < 1.29 is 33.0 Å². The molecule has 0 spiro atoms. The van der Waals surface area contributed by atoms with Crippen LogP contribution < -0.4 is 14.8 Å². The number of hydrogen-bond acceptors (Lipinski definition) is 5. The summed E-state index contributed by atoms with van der Waals surface area (Å²) in [6.45, 7) is 0.160. The second kappa shape index (κ2) is 6.17. The Kier molecular flexibility index (Phi) is 3.96. The molecule has 1 aliphatic rings. The molecule has 8 nitrogen and oxygen atoms in total. The fraction of sp³-hybridized carbons (Fsp3) is 0.118. The van der Waals surface area contributed by atoms with E-state index in [4.69, 9.17) is 23.7 Å². The molecule has 3 N–H and O–H groups in total. The third-order valence-electron chi connectivity index (χ3n) is 3.84. The highest BCUT2D eigenvalue weighted by Gasteiger charge is 2.19. The van der Waals surface area contributed by atoms with E-state index in [1.165, 1.54) is 0 Å². The predicted octanol–water partition coefficient (Wildman–Crippen LogP) is 3.09. The molecule has 2 aromatic carbocycles. The third-order valence-corrected chi connectivity index (χ3v) is 4.61. The van der Waals surface area contributed by atoms with Crippen LogP contribution in [-0.4, -0.2) is 22.5 Å². The van der Waals surface area contributed by atoms with Gasteiger partial charge in [-0.2, -0.15) is 0 Å². The van der Waals surface area contributed by atoms with Gasteiger partial charge in [-0.1, -0.05) is 12.1 Å². The number of fused-ring (bicyclic) bond motifs is 2. The Balaban J connectivity index is 1.51. The Morgan fingerprint density at radius 1 is 1.08 bits per heavy atom. The molecule has 1 amide bonds. The van der Waals surface area contributed by atoms with Crippen LogP contribution in [-0.2, 0) is 10.7 Å². The minimum absolute atomic E-state index is 0.128. The first-order valence-corrected chi connectivity index (χ1v) is 9.45. The van der Waals surface area contributed by atoms with Gasteiger partial charge in [-0.3, -0.25) is 9.36 Å². The summed E-state index contributed by atoms with van der Waals surface area (Å²) >= 11 is 0. The fourth-order valence-electron chi connectivity index (χ4n) is 2.67. The number of benzene rings is 2. The third kappa shape index (κ3) is 3.43. The second-order valence-corrected chi connectivity index (χ2v) is 7.47. The average Bonchev–Trinajstić information content (AvgIpc) is 3.18. The van der Waals surface area contributed by atoms with Crippen LogP contribution in [0.25, 0.3) is 11.0 Å². The van der Waals surface area contributed by atoms with Crippen molar-refractivity contribution in [3.63, 3.8) is 0 Å². The minimum atomic E-state index is -4.12. The molecule has 134 valence electrons. The molecule has 0 fully saturated rings. The van der Waals surface area contributed by atoms with Gasteiger partial charge in [0.25, 0.3) is 5.91 Å². The van der Waals surface area contributed by atoms with E-state index in [0.717, 1.165) is 5.39 Å². The van der Waals surface area contributed by atoms with Gasteiger partial charge in [0.1, 0.15) is 5.58 Å². The second-order valence-electron chi connectivity index (χ2n) is 5.83. The summed E-state index contributed by atoms with van der Waals surface area (Å²) in [5.41, 5.74) is 1.48. The van der Waals surface area contributed by atoms with Crippen molar-refractivity contribution in [1.82, 2.24) is 0 Å². The predicted molar refractivity (Wildman–Crippen MR) is 92.5 cm³/mol. The molecule has 0 atom stereocenters. The van der Waals surface area contributed by atoms with Crippen LogP contribution in [0, 0.1) is 0 Å². The smallest absolute Gasteiger partial charge is 0.329 e. The first kappa shape index (κ1) is 16.7. The van der Waals surface area contributed by atoms with Crippen LogP contribution in [0.1, 0.15) is 16.1 Å². The molecule has 0 bridgehead atoms. The molecule has 1 aliphatic heterocycles. The van der Waals surface area contributed by atoms with Crippen LogP contribution in [0.15, 0.2) is 46.9 Å². The number of furan rings is 1. The Hall–Kier alpha value is -2.80. The molecule has 1 aromatic heterocycles. The summed E-state index contributed by atoms with van der Waals surface area (Å²) in [5.74, 6) is 0.860. The van der Waals surface area contributed by atoms with E-state index in [0.29, 0.717) is 28.3 Å². The lowest BCUT2D eigenvalue weighted by atomic mass is 10.2. The maximum atomic E-state index is 12.4. The molecule has 4 rings (SSSR count). The summed E-state index contributed by atoms with van der Waals surface area (Å²) in [6.07, 6.45) is -0.348. The summed E-state index contributed by atoms with van der Waals surface area (Å²) in [7, 11) is -4.12. The molecule has 9 heteroatoms. The van der Waals surface area contributed by atoms with Crippen LogP contribution in [0.5, 0.6) is 11.5 Å². The van der Waals surface area contributed by atoms with E-state index in [2.05, 4.69) is 5.32 Å². The van der Waals surface area contributed by atoms with E-state index in [1.54, 1.807) is 42.5 Å². The zero-order valence-electron chi connectivity index (χ0n) is 13.3. The SMILES string of the molecule is O=C(Nc1ccc(CP(=O)(O)O)cc1)c1cc2cc3c(cc2o1)OCO3. The van der Waals surface area contributed by atoms with Crippen LogP contribution in [0.2, 0.25) is 0 Å². The fourth-order valence-corrected chi connectivity index (χ4v) is 3.35. The molecular weight excluding hydrogens is 361 g/mol. The largest absolute Gasteiger partial charge is 0.454 e. The first-order chi connectivity index (χ1) is 12.4. The van der Waals surface area contributed by atoms with Crippen molar-refractivity contribution in [1.29, 1.82) is 0 Å². The Labute approximate surface area is 147 Å². The highest BCUT2D eigenvalue weighted by atomic mass is 31.2. The van der Waals surface area contributed by atoms with Gasteiger partial charge < -0.3 is 29.0 Å². The Bertz CT molecular complexity index is 994. The van der Waals surface area contributed by atoms with Gasteiger partial charge in [0.05, 0.1) is 6.16 Å². The lowest BCUT2D eigenvalue weighted by Crippen LogP contribution is -2.10. The van der Waals surface area contributed by atoms with Gasteiger partial charge in [0, 0.05) is 17.1 Å². The van der Waals surface area contributed by atoms with Crippen LogP contribution >= 0.6 is 7.60 Å². The van der Waals surface area contributed by atoms with Crippen LogP contribution in [0.3, 0.4) is 0 Å². The number of anilines is 1. The topological polar surface area (TPSA) is 118 Å². The molecule has 0 aliphatic carbocycles. The summed E-state index contributed by atoms with van der Waals surface area (Å²) in [5, 5.41) is 3.40. The van der Waals surface area contributed by atoms with Crippen molar-refractivity contribution in [3.05, 3.63) is 53.8 Å². The maximum Gasteiger partial charge on any atom is 0.329 e. The van der Waals surface area contributed by atoms with Gasteiger partial charge >= 0.3 is 7.60 Å². The zero-order chi connectivity index (χ0) is 18.3. The van der Waals surface area contributed by atoms with Crippen molar-refractivity contribution >= 4 is 30.2 Å². The van der Waals surface area contributed by atoms with E-state index >= 15 is 0 Å². The van der Waals surface area contributed by atoms with Crippen molar-refractivity contribution in [2.45, 2.75) is 6.16 Å². The van der Waals surface area contributed by atoms with Crippen molar-refractivity contribution in [3.8, 4) is 11.5 Å². The first-order valence-electron chi connectivity index (χ1n) is 7.65. The molecule has 0 saturated carbocycles. The average molecular weight is 375 g/mol. The summed E-state index contributed by atoms with van der Waals surface area (Å²) < 4.78 is 27.1. The highest BCUT2D eigenvalue weighted by Crippen LogP contribution is 2.39. The van der Waals surface area contributed by atoms with Gasteiger partial charge in [-0.15, -0.1) is 0 Å². The molecule has 2 heterocycles. The van der Waals surface area contributed by atoms with E-state index in [1.807, 2.05) is 0 Å². The number of nitrogens with one attached hydrogen (secondary N) is 1. The minimum Gasteiger partial charge on any atom is -0.454 e. The van der Waals surface area contributed by atoms with E-state index in [-0.39, 0.29) is 18.7 Å². The Morgan fingerprint density at radius 2 is 1.77 bits per heavy atom. The number of rotatable bonds is 4. The highest BCUT2D eigenvalue weighted by molar-refractivity contribution is 7.50. The summed E-state index contributed by atoms with van der Waals surface area (Å²) in [4.78, 5) is 30.3. The molecule has 26 heavy (non-hydrogen) atoms. The number of carbonyl (C=O) groups excluding carboxylic acids is 1. The van der Waals surface area contributed by atoms with Gasteiger partial charge in [0.15, 0.2) is 17.3 Å². The van der Waals surface area contributed by atoms with Gasteiger partial charge in [-0.05, 0) is 29.8 Å². The Morgan fingerprint density at radius 3 is 2.46 bits per heavy atom. The number of ether oxygens (including phenoxy) is 2. The number of carbonyl (C=O) groups is 1. The number of hydrogen-bond donors (Lipinski definition) is 3. The van der Waals surface area contributed by atoms with Gasteiger partial charge in [-0.25, -0.2) is 0 Å². The molecule has 0 saturated heterocycles. The molecule has 0 unspecified atom stereocenters. The van der Waals surface area contributed by atoms with Crippen molar-refractivity contribution in [2.24, 2.45) is 0 Å². The monoisotopic (exact) mass is 375 g/mol. The quantitative estimate of drug-likeness (QED) is 0.600. The lowest BCUT2D eigenvalue weighted by molar-refractivity contribution is 0.0998. The number of amides is 1. The van der Waals surface area contributed by atoms with Gasteiger partial charge in [0.2, 0.25) is 6.79 Å². The molecule has 3 aromatic rings. The molecule has 0 radical (unpaired) electrons. The normalized spacial score (nSPS) is 13.2. The van der Waals surface area contributed by atoms with Crippen LogP contribution in [0.4, 0.5) is 5.69 Å². The molecular formula is C17H14NO7P.